The largest absolute Gasteiger partial charge is 0.493 e. The maximum Gasteiger partial charge on any atom is 0.124 e. The third-order valence-corrected chi connectivity index (χ3v) is 3.36. The Morgan fingerprint density at radius 2 is 2.11 bits per heavy atom. The van der Waals surface area contributed by atoms with Crippen molar-refractivity contribution in [3.8, 4) is 5.75 Å². The molecule has 1 heterocycles. The van der Waals surface area contributed by atoms with Crippen LogP contribution in [0.2, 0.25) is 0 Å². The van der Waals surface area contributed by atoms with Crippen LogP contribution >= 0.6 is 0 Å². The zero-order chi connectivity index (χ0) is 13.7. The Bertz CT molecular complexity index is 522. The first-order valence-corrected chi connectivity index (χ1v) is 6.58. The lowest BCUT2D eigenvalue weighted by molar-refractivity contribution is 0.312. The van der Waals surface area contributed by atoms with E-state index in [0.29, 0.717) is 6.61 Å². The van der Waals surface area contributed by atoms with E-state index in [1.807, 2.05) is 49.2 Å². The zero-order valence-corrected chi connectivity index (χ0v) is 11.8. The molecule has 1 N–H and O–H groups in total. The van der Waals surface area contributed by atoms with Gasteiger partial charge in [0.25, 0.3) is 0 Å². The lowest BCUT2D eigenvalue weighted by Gasteiger charge is -2.16. The number of hydrogen-bond acceptors (Lipinski definition) is 3. The molecule has 0 saturated carbocycles. The van der Waals surface area contributed by atoms with E-state index in [1.54, 1.807) is 0 Å². The van der Waals surface area contributed by atoms with E-state index in [4.69, 9.17) is 4.74 Å². The number of rotatable bonds is 6. The summed E-state index contributed by atoms with van der Waals surface area (Å²) in [6.45, 7) is 2.79. The van der Waals surface area contributed by atoms with E-state index in [2.05, 4.69) is 23.4 Å². The first-order chi connectivity index (χ1) is 9.22. The molecule has 0 spiro atoms. The number of aryl methyl sites for hydroxylation is 1. The van der Waals surface area contributed by atoms with Gasteiger partial charge in [-0.15, -0.1) is 0 Å². The fourth-order valence-corrected chi connectivity index (χ4v) is 2.04. The van der Waals surface area contributed by atoms with Crippen molar-refractivity contribution in [1.29, 1.82) is 0 Å². The van der Waals surface area contributed by atoms with Crippen LogP contribution in [0.5, 0.6) is 5.75 Å². The lowest BCUT2D eigenvalue weighted by Crippen LogP contribution is -2.14. The van der Waals surface area contributed by atoms with E-state index >= 15 is 0 Å². The molecule has 2 aromatic rings. The molecule has 1 aromatic heterocycles. The molecular formula is C15H21N3O. The highest BCUT2D eigenvalue weighted by molar-refractivity contribution is 5.35. The third-order valence-electron chi connectivity index (χ3n) is 3.36. The van der Waals surface area contributed by atoms with Crippen molar-refractivity contribution >= 4 is 0 Å². The van der Waals surface area contributed by atoms with Gasteiger partial charge in [-0.3, -0.25) is 4.68 Å². The van der Waals surface area contributed by atoms with E-state index in [9.17, 15) is 0 Å². The smallest absolute Gasteiger partial charge is 0.124 e. The van der Waals surface area contributed by atoms with Gasteiger partial charge in [-0.05, 0) is 26.1 Å². The average molecular weight is 259 g/mol. The summed E-state index contributed by atoms with van der Waals surface area (Å²) in [4.78, 5) is 0. The van der Waals surface area contributed by atoms with E-state index in [1.165, 1.54) is 11.3 Å². The maximum atomic E-state index is 5.91. The minimum atomic E-state index is 0.285. The summed E-state index contributed by atoms with van der Waals surface area (Å²) in [5, 5.41) is 7.39. The van der Waals surface area contributed by atoms with Crippen LogP contribution in [0.4, 0.5) is 0 Å². The maximum absolute atomic E-state index is 5.91. The van der Waals surface area contributed by atoms with Crippen LogP contribution in [0.25, 0.3) is 0 Å². The zero-order valence-electron chi connectivity index (χ0n) is 11.8. The van der Waals surface area contributed by atoms with Crippen molar-refractivity contribution in [2.24, 2.45) is 7.05 Å². The second-order valence-corrected chi connectivity index (χ2v) is 4.59. The highest BCUT2D eigenvalue weighted by Crippen LogP contribution is 2.24. The molecule has 0 radical (unpaired) electrons. The normalized spacial score (nSPS) is 12.4. The molecule has 19 heavy (non-hydrogen) atoms. The first kappa shape index (κ1) is 13.6. The van der Waals surface area contributed by atoms with Crippen molar-refractivity contribution in [1.82, 2.24) is 15.1 Å². The van der Waals surface area contributed by atoms with Gasteiger partial charge in [-0.2, -0.15) is 5.10 Å². The van der Waals surface area contributed by atoms with Gasteiger partial charge in [-0.1, -0.05) is 18.2 Å². The summed E-state index contributed by atoms with van der Waals surface area (Å²) >= 11 is 0. The highest BCUT2D eigenvalue weighted by Gasteiger charge is 2.09. The Labute approximate surface area is 114 Å². The number of nitrogens with one attached hydrogen (secondary N) is 1. The Morgan fingerprint density at radius 3 is 2.79 bits per heavy atom. The van der Waals surface area contributed by atoms with E-state index < -0.39 is 0 Å². The molecular weight excluding hydrogens is 238 g/mol. The Morgan fingerprint density at radius 1 is 1.32 bits per heavy atom. The lowest BCUT2D eigenvalue weighted by atomic mass is 10.1. The minimum absolute atomic E-state index is 0.285. The summed E-state index contributed by atoms with van der Waals surface area (Å²) in [6, 6.07) is 10.5. The SMILES string of the molecule is CNC(C)c1ccccc1OCCc1ccnn1C. The molecule has 4 nitrogen and oxygen atoms in total. The van der Waals surface area contributed by atoms with Crippen LogP contribution in [-0.4, -0.2) is 23.4 Å². The van der Waals surface area contributed by atoms with Crippen LogP contribution in [0.1, 0.15) is 24.2 Å². The fraction of sp³-hybridized carbons (Fsp3) is 0.400. The predicted molar refractivity (Wildman–Crippen MR) is 76.3 cm³/mol. The molecule has 0 aliphatic heterocycles. The van der Waals surface area contributed by atoms with Gasteiger partial charge in [0, 0.05) is 37.0 Å². The summed E-state index contributed by atoms with van der Waals surface area (Å²) < 4.78 is 7.79. The monoisotopic (exact) mass is 259 g/mol. The summed E-state index contributed by atoms with van der Waals surface area (Å²) in [5.41, 5.74) is 2.37. The number of benzene rings is 1. The van der Waals surface area contributed by atoms with Gasteiger partial charge < -0.3 is 10.1 Å². The van der Waals surface area contributed by atoms with E-state index in [0.717, 1.165) is 12.2 Å². The molecule has 0 saturated heterocycles. The second-order valence-electron chi connectivity index (χ2n) is 4.59. The molecule has 1 atom stereocenters. The standard InChI is InChI=1S/C15H21N3O/c1-12(16-2)14-6-4-5-7-15(14)19-11-9-13-8-10-17-18(13)3/h4-8,10,12,16H,9,11H2,1-3H3. The molecule has 0 aliphatic rings. The van der Waals surface area contributed by atoms with Crippen molar-refractivity contribution in [3.05, 3.63) is 47.8 Å². The van der Waals surface area contributed by atoms with Gasteiger partial charge in [0.1, 0.15) is 5.75 Å². The topological polar surface area (TPSA) is 39.1 Å². The van der Waals surface area contributed by atoms with Crippen molar-refractivity contribution in [3.63, 3.8) is 0 Å². The number of ether oxygens (including phenoxy) is 1. The Hall–Kier alpha value is -1.81. The van der Waals surface area contributed by atoms with Crippen LogP contribution in [0.15, 0.2) is 36.5 Å². The first-order valence-electron chi connectivity index (χ1n) is 6.58. The summed E-state index contributed by atoms with van der Waals surface area (Å²) in [5.74, 6) is 0.950. The van der Waals surface area contributed by atoms with Crippen molar-refractivity contribution in [2.45, 2.75) is 19.4 Å². The van der Waals surface area contributed by atoms with Gasteiger partial charge in [0.05, 0.1) is 6.61 Å². The Kier molecular flexibility index (Phi) is 4.58. The van der Waals surface area contributed by atoms with Crippen molar-refractivity contribution in [2.75, 3.05) is 13.7 Å². The van der Waals surface area contributed by atoms with Gasteiger partial charge in [0.2, 0.25) is 0 Å². The highest BCUT2D eigenvalue weighted by atomic mass is 16.5. The number of hydrogen-bond donors (Lipinski definition) is 1. The van der Waals surface area contributed by atoms with Crippen LogP contribution < -0.4 is 10.1 Å². The molecule has 0 bridgehead atoms. The predicted octanol–water partition coefficient (Wildman–Crippen LogP) is 2.32. The molecule has 1 unspecified atom stereocenters. The van der Waals surface area contributed by atoms with Crippen LogP contribution in [0.3, 0.4) is 0 Å². The second kappa shape index (κ2) is 6.38. The summed E-state index contributed by atoms with van der Waals surface area (Å²) in [6.07, 6.45) is 2.67. The van der Waals surface area contributed by atoms with Gasteiger partial charge in [0.15, 0.2) is 0 Å². The average Bonchev–Trinajstić information content (AvgIpc) is 2.84. The van der Waals surface area contributed by atoms with Gasteiger partial charge in [-0.25, -0.2) is 0 Å². The number of nitrogens with zero attached hydrogens (tertiary/aromatic N) is 2. The minimum Gasteiger partial charge on any atom is -0.493 e. The quantitative estimate of drug-likeness (QED) is 0.865. The van der Waals surface area contributed by atoms with Crippen LogP contribution in [0, 0.1) is 0 Å². The summed E-state index contributed by atoms with van der Waals surface area (Å²) in [7, 11) is 3.91. The molecule has 102 valence electrons. The third kappa shape index (κ3) is 3.35. The van der Waals surface area contributed by atoms with E-state index in [-0.39, 0.29) is 6.04 Å². The molecule has 4 heteroatoms. The Balaban J connectivity index is 1.98. The molecule has 0 amide bonds. The molecule has 0 fully saturated rings. The molecule has 2 rings (SSSR count). The molecule has 0 aliphatic carbocycles. The van der Waals surface area contributed by atoms with Crippen molar-refractivity contribution < 1.29 is 4.74 Å². The van der Waals surface area contributed by atoms with Gasteiger partial charge >= 0.3 is 0 Å². The fourth-order valence-electron chi connectivity index (χ4n) is 2.04. The number of aromatic nitrogens is 2. The molecule has 1 aromatic carbocycles. The number of para-hydroxylation sites is 1. The van der Waals surface area contributed by atoms with Crippen LogP contribution in [-0.2, 0) is 13.5 Å².